The van der Waals surface area contributed by atoms with Crippen LogP contribution in [0.2, 0.25) is 0 Å². The third-order valence-corrected chi connectivity index (χ3v) is 2.73. The highest BCUT2D eigenvalue weighted by molar-refractivity contribution is 6.03. The summed E-state index contributed by atoms with van der Waals surface area (Å²) in [5.74, 6) is 0.946. The zero-order valence-electron chi connectivity index (χ0n) is 9.99. The van der Waals surface area contributed by atoms with Crippen molar-refractivity contribution < 1.29 is 9.53 Å². The number of methoxy groups -OCH3 is 1. The van der Waals surface area contributed by atoms with E-state index in [1.165, 1.54) is 13.4 Å². The first-order chi connectivity index (χ1) is 8.26. The molecule has 0 radical (unpaired) electrons. The number of carbonyl (C=O) groups excluding carboxylic acids is 1. The molecular weight excluding hydrogens is 220 g/mol. The highest BCUT2D eigenvalue weighted by Gasteiger charge is 2.28. The second-order valence-corrected chi connectivity index (χ2v) is 3.93. The van der Waals surface area contributed by atoms with Gasteiger partial charge in [0, 0.05) is 0 Å². The number of anilines is 2. The van der Waals surface area contributed by atoms with Gasteiger partial charge in [-0.25, -0.2) is 4.98 Å². The first kappa shape index (κ1) is 11.6. The fourth-order valence-electron chi connectivity index (χ4n) is 1.80. The number of hydrogen-bond donors (Lipinski definition) is 2. The van der Waals surface area contributed by atoms with Crippen molar-refractivity contribution in [1.82, 2.24) is 9.97 Å². The molecule has 92 valence electrons. The van der Waals surface area contributed by atoms with Gasteiger partial charge in [0.2, 0.25) is 11.8 Å². The van der Waals surface area contributed by atoms with Gasteiger partial charge in [-0.05, 0) is 6.42 Å². The number of fused-ring (bicyclic) bond motifs is 1. The van der Waals surface area contributed by atoms with Crippen LogP contribution in [0.25, 0.3) is 0 Å². The lowest BCUT2D eigenvalue weighted by atomic mass is 10.1. The van der Waals surface area contributed by atoms with E-state index in [-0.39, 0.29) is 11.9 Å². The van der Waals surface area contributed by atoms with Crippen LogP contribution in [-0.2, 0) is 4.79 Å². The minimum absolute atomic E-state index is 0.0564. The van der Waals surface area contributed by atoms with Crippen LogP contribution in [-0.4, -0.2) is 29.0 Å². The number of amides is 1. The smallest absolute Gasteiger partial charge is 0.247 e. The van der Waals surface area contributed by atoms with Crippen molar-refractivity contribution in [2.24, 2.45) is 0 Å². The monoisotopic (exact) mass is 236 g/mol. The molecule has 1 aliphatic rings. The molecule has 6 nitrogen and oxygen atoms in total. The van der Waals surface area contributed by atoms with E-state index in [2.05, 4.69) is 27.5 Å². The average molecular weight is 236 g/mol. The SMILES string of the molecule is CCCCC1Nc2ncnc(OC)c2NC1=O. The summed E-state index contributed by atoms with van der Waals surface area (Å²) in [4.78, 5) is 19.9. The Hall–Kier alpha value is -1.85. The highest BCUT2D eigenvalue weighted by Crippen LogP contribution is 2.32. The largest absolute Gasteiger partial charge is 0.479 e. The topological polar surface area (TPSA) is 76.1 Å². The second-order valence-electron chi connectivity index (χ2n) is 3.93. The third kappa shape index (κ3) is 2.30. The number of unbranched alkanes of at least 4 members (excludes halogenated alkanes) is 1. The second kappa shape index (κ2) is 4.99. The maximum atomic E-state index is 11.8. The maximum absolute atomic E-state index is 11.8. The van der Waals surface area contributed by atoms with E-state index >= 15 is 0 Å². The molecule has 1 aromatic heterocycles. The lowest BCUT2D eigenvalue weighted by molar-refractivity contribution is -0.117. The van der Waals surface area contributed by atoms with E-state index in [9.17, 15) is 4.79 Å². The van der Waals surface area contributed by atoms with Gasteiger partial charge in [0.1, 0.15) is 18.1 Å². The molecule has 17 heavy (non-hydrogen) atoms. The highest BCUT2D eigenvalue weighted by atomic mass is 16.5. The number of hydrogen-bond acceptors (Lipinski definition) is 5. The molecule has 0 saturated heterocycles. The molecule has 0 bridgehead atoms. The Morgan fingerprint density at radius 3 is 3.00 bits per heavy atom. The number of rotatable bonds is 4. The molecule has 1 atom stereocenters. The van der Waals surface area contributed by atoms with Gasteiger partial charge in [0.25, 0.3) is 0 Å². The molecule has 0 fully saturated rings. The van der Waals surface area contributed by atoms with Crippen molar-refractivity contribution in [3.8, 4) is 5.88 Å². The van der Waals surface area contributed by atoms with Crippen LogP contribution in [0.5, 0.6) is 5.88 Å². The predicted octanol–water partition coefficient (Wildman–Crippen LogP) is 1.41. The van der Waals surface area contributed by atoms with E-state index in [1.807, 2.05) is 0 Å². The zero-order chi connectivity index (χ0) is 12.3. The summed E-state index contributed by atoms with van der Waals surface area (Å²) >= 11 is 0. The molecule has 6 heteroatoms. The van der Waals surface area contributed by atoms with Crippen LogP contribution in [0.1, 0.15) is 26.2 Å². The van der Waals surface area contributed by atoms with Gasteiger partial charge in [-0.2, -0.15) is 4.98 Å². The molecule has 2 rings (SSSR count). The standard InChI is InChI=1S/C11H16N4O2/c1-3-4-5-7-10(16)15-8-9(14-7)12-6-13-11(8)17-2/h6-7H,3-5H2,1-2H3,(H,15,16)(H,12,13,14). The van der Waals surface area contributed by atoms with Crippen molar-refractivity contribution in [1.29, 1.82) is 0 Å². The summed E-state index contributed by atoms with van der Waals surface area (Å²) in [7, 11) is 1.51. The molecule has 0 aliphatic carbocycles. The van der Waals surface area contributed by atoms with Crippen LogP contribution in [0.3, 0.4) is 0 Å². The minimum Gasteiger partial charge on any atom is -0.479 e. The number of nitrogens with zero attached hydrogens (tertiary/aromatic N) is 2. The van der Waals surface area contributed by atoms with Crippen LogP contribution < -0.4 is 15.4 Å². The molecule has 2 N–H and O–H groups in total. The van der Waals surface area contributed by atoms with Crippen molar-refractivity contribution in [3.63, 3.8) is 0 Å². The van der Waals surface area contributed by atoms with E-state index in [0.717, 1.165) is 19.3 Å². The summed E-state index contributed by atoms with van der Waals surface area (Å²) < 4.78 is 5.07. The van der Waals surface area contributed by atoms with Crippen molar-refractivity contribution >= 4 is 17.4 Å². The Balaban J connectivity index is 2.21. The average Bonchev–Trinajstić information content (AvgIpc) is 2.35. The Morgan fingerprint density at radius 2 is 2.29 bits per heavy atom. The Morgan fingerprint density at radius 1 is 1.47 bits per heavy atom. The summed E-state index contributed by atoms with van der Waals surface area (Å²) in [5, 5.41) is 5.90. The zero-order valence-corrected chi connectivity index (χ0v) is 9.99. The quantitative estimate of drug-likeness (QED) is 0.826. The number of ether oxygens (including phenoxy) is 1. The van der Waals surface area contributed by atoms with Gasteiger partial charge in [-0.15, -0.1) is 0 Å². The maximum Gasteiger partial charge on any atom is 0.247 e. The molecule has 1 unspecified atom stereocenters. The molecule has 1 amide bonds. The Labute approximate surface area is 99.8 Å². The predicted molar refractivity (Wildman–Crippen MR) is 64.1 cm³/mol. The van der Waals surface area contributed by atoms with Crippen molar-refractivity contribution in [2.45, 2.75) is 32.2 Å². The summed E-state index contributed by atoms with van der Waals surface area (Å²) in [5.41, 5.74) is 0.521. The number of carbonyl (C=O) groups is 1. The number of aromatic nitrogens is 2. The van der Waals surface area contributed by atoms with Crippen molar-refractivity contribution in [3.05, 3.63) is 6.33 Å². The summed E-state index contributed by atoms with van der Waals surface area (Å²) in [6.45, 7) is 2.10. The van der Waals surface area contributed by atoms with Gasteiger partial charge in [-0.1, -0.05) is 19.8 Å². The Bertz CT molecular complexity index is 422. The summed E-state index contributed by atoms with van der Waals surface area (Å²) in [6.07, 6.45) is 4.28. The summed E-state index contributed by atoms with van der Waals surface area (Å²) in [6, 6.07) is -0.220. The lowest BCUT2D eigenvalue weighted by Crippen LogP contribution is -2.39. The van der Waals surface area contributed by atoms with Crippen LogP contribution in [0.15, 0.2) is 6.33 Å². The van der Waals surface area contributed by atoms with Gasteiger partial charge in [0.15, 0.2) is 5.82 Å². The number of nitrogens with one attached hydrogen (secondary N) is 2. The fraction of sp³-hybridized carbons (Fsp3) is 0.545. The Kier molecular flexibility index (Phi) is 3.41. The van der Waals surface area contributed by atoms with Gasteiger partial charge in [0.05, 0.1) is 7.11 Å². The molecule has 1 aliphatic heterocycles. The van der Waals surface area contributed by atoms with Crippen LogP contribution in [0, 0.1) is 0 Å². The van der Waals surface area contributed by atoms with E-state index in [1.54, 1.807) is 0 Å². The van der Waals surface area contributed by atoms with Crippen molar-refractivity contribution in [2.75, 3.05) is 17.7 Å². The van der Waals surface area contributed by atoms with Gasteiger partial charge in [-0.3, -0.25) is 4.79 Å². The van der Waals surface area contributed by atoms with Gasteiger partial charge < -0.3 is 15.4 Å². The normalized spacial score (nSPS) is 18.0. The lowest BCUT2D eigenvalue weighted by Gasteiger charge is -2.26. The van der Waals surface area contributed by atoms with Gasteiger partial charge >= 0.3 is 0 Å². The molecule has 0 saturated carbocycles. The van der Waals surface area contributed by atoms with Crippen LogP contribution >= 0.6 is 0 Å². The molecule has 1 aromatic rings. The molecular formula is C11H16N4O2. The van der Waals surface area contributed by atoms with E-state index in [0.29, 0.717) is 17.4 Å². The third-order valence-electron chi connectivity index (χ3n) is 2.73. The van der Waals surface area contributed by atoms with Crippen LogP contribution in [0.4, 0.5) is 11.5 Å². The molecule has 2 heterocycles. The molecule has 0 aromatic carbocycles. The fourth-order valence-corrected chi connectivity index (χ4v) is 1.80. The van der Waals surface area contributed by atoms with E-state index in [4.69, 9.17) is 4.74 Å². The molecule has 0 spiro atoms. The van der Waals surface area contributed by atoms with E-state index < -0.39 is 0 Å². The minimum atomic E-state index is -0.220. The first-order valence-electron chi connectivity index (χ1n) is 5.72. The first-order valence-corrected chi connectivity index (χ1v) is 5.72.